The number of carbonyl (C=O) groups is 1. The zero-order valence-corrected chi connectivity index (χ0v) is 16.1. The second-order valence-electron chi connectivity index (χ2n) is 7.81. The van der Waals surface area contributed by atoms with Crippen LogP contribution in [0.2, 0.25) is 0 Å². The number of hydrogen-bond acceptors (Lipinski definition) is 3. The number of phenols is 2. The number of benzene rings is 1. The van der Waals surface area contributed by atoms with Crippen molar-refractivity contribution in [1.29, 1.82) is 0 Å². The highest BCUT2D eigenvalue weighted by Gasteiger charge is 2.31. The molecule has 26 heavy (non-hydrogen) atoms. The van der Waals surface area contributed by atoms with Gasteiger partial charge in [0.05, 0.1) is 5.56 Å². The molecular formula is C22H31NO3. The normalized spacial score (nSPS) is 19.8. The number of rotatable bonds is 6. The summed E-state index contributed by atoms with van der Waals surface area (Å²) in [5.41, 5.74) is 3.02. The van der Waals surface area contributed by atoms with Crippen molar-refractivity contribution in [3.63, 3.8) is 0 Å². The van der Waals surface area contributed by atoms with E-state index in [0.29, 0.717) is 17.5 Å². The molecule has 2 aliphatic rings. The second-order valence-corrected chi connectivity index (χ2v) is 7.81. The van der Waals surface area contributed by atoms with Crippen LogP contribution in [-0.2, 0) is 6.42 Å². The third-order valence-electron chi connectivity index (χ3n) is 5.75. The topological polar surface area (TPSA) is 60.8 Å². The van der Waals surface area contributed by atoms with Gasteiger partial charge in [-0.15, -0.1) is 0 Å². The van der Waals surface area contributed by atoms with Crippen molar-refractivity contribution in [2.75, 3.05) is 13.1 Å². The number of unbranched alkanes of at least 4 members (excludes halogenated alkanes) is 2. The maximum absolute atomic E-state index is 13.0. The number of aryl methyl sites for hydroxylation is 1. The fourth-order valence-corrected chi connectivity index (χ4v) is 4.11. The second kappa shape index (κ2) is 8.15. The summed E-state index contributed by atoms with van der Waals surface area (Å²) in [7, 11) is 0. The molecule has 0 saturated carbocycles. The van der Waals surface area contributed by atoms with Gasteiger partial charge >= 0.3 is 0 Å². The van der Waals surface area contributed by atoms with E-state index in [1.807, 2.05) is 0 Å². The first-order valence-electron chi connectivity index (χ1n) is 10.1. The summed E-state index contributed by atoms with van der Waals surface area (Å²) in [6.45, 7) is 5.74. The van der Waals surface area contributed by atoms with Crippen molar-refractivity contribution in [3.05, 3.63) is 34.4 Å². The number of aromatic hydroxyl groups is 2. The lowest BCUT2D eigenvalue weighted by molar-refractivity contribution is 0.0647. The minimum atomic E-state index is -0.0852. The lowest BCUT2D eigenvalue weighted by Gasteiger charge is -2.32. The molecule has 1 aliphatic heterocycles. The van der Waals surface area contributed by atoms with Gasteiger partial charge in [0.2, 0.25) is 0 Å². The number of allylic oxidation sites excluding steroid dienone is 2. The lowest BCUT2D eigenvalue weighted by atomic mass is 9.83. The van der Waals surface area contributed by atoms with E-state index in [1.165, 1.54) is 5.57 Å². The van der Waals surface area contributed by atoms with Crippen molar-refractivity contribution >= 4 is 5.91 Å². The van der Waals surface area contributed by atoms with Crippen molar-refractivity contribution in [3.8, 4) is 11.5 Å². The molecule has 1 amide bonds. The molecule has 4 nitrogen and oxygen atoms in total. The highest BCUT2D eigenvalue weighted by atomic mass is 16.3. The smallest absolute Gasteiger partial charge is 0.257 e. The highest BCUT2D eigenvalue weighted by Crippen LogP contribution is 2.44. The Morgan fingerprint density at radius 3 is 2.62 bits per heavy atom. The van der Waals surface area contributed by atoms with Gasteiger partial charge in [0.25, 0.3) is 5.91 Å². The predicted molar refractivity (Wildman–Crippen MR) is 104 cm³/mol. The van der Waals surface area contributed by atoms with Crippen LogP contribution in [-0.4, -0.2) is 34.1 Å². The summed E-state index contributed by atoms with van der Waals surface area (Å²) in [5.74, 6) is 0.0313. The van der Waals surface area contributed by atoms with Crippen LogP contribution in [0.15, 0.2) is 17.7 Å². The van der Waals surface area contributed by atoms with Gasteiger partial charge in [-0.2, -0.15) is 0 Å². The van der Waals surface area contributed by atoms with Crippen LogP contribution in [0.1, 0.15) is 86.2 Å². The number of likely N-dealkylation sites (tertiary alicyclic amines) is 1. The summed E-state index contributed by atoms with van der Waals surface area (Å²) >= 11 is 0. The van der Waals surface area contributed by atoms with Gasteiger partial charge in [0.15, 0.2) is 0 Å². The molecular weight excluding hydrogens is 326 g/mol. The number of amides is 1. The van der Waals surface area contributed by atoms with Gasteiger partial charge in [-0.05, 0) is 57.1 Å². The SMILES string of the molecule is CCCCCc1cc(O)c(C2C=C(C)CCC2)c(O)c1C(=O)N1CCC1. The summed E-state index contributed by atoms with van der Waals surface area (Å²) in [5, 5.41) is 21.7. The van der Waals surface area contributed by atoms with E-state index in [-0.39, 0.29) is 23.3 Å². The van der Waals surface area contributed by atoms with Crippen LogP contribution >= 0.6 is 0 Å². The molecule has 0 radical (unpaired) electrons. The molecule has 2 N–H and O–H groups in total. The largest absolute Gasteiger partial charge is 0.507 e. The highest BCUT2D eigenvalue weighted by molar-refractivity contribution is 5.99. The zero-order valence-electron chi connectivity index (χ0n) is 16.1. The fraction of sp³-hybridized carbons (Fsp3) is 0.591. The first kappa shape index (κ1) is 18.8. The Morgan fingerprint density at radius 1 is 1.23 bits per heavy atom. The summed E-state index contributed by atoms with van der Waals surface area (Å²) in [4.78, 5) is 14.8. The van der Waals surface area contributed by atoms with E-state index >= 15 is 0 Å². The van der Waals surface area contributed by atoms with Crippen LogP contribution in [0.5, 0.6) is 11.5 Å². The predicted octanol–water partition coefficient (Wildman–Crippen LogP) is 4.89. The molecule has 4 heteroatoms. The van der Waals surface area contributed by atoms with Crippen molar-refractivity contribution in [2.45, 2.75) is 71.1 Å². The van der Waals surface area contributed by atoms with Crippen LogP contribution < -0.4 is 0 Å². The molecule has 1 unspecified atom stereocenters. The Labute approximate surface area is 156 Å². The van der Waals surface area contributed by atoms with Gasteiger partial charge in [-0.1, -0.05) is 31.4 Å². The molecule has 1 aromatic rings. The molecule has 0 spiro atoms. The van der Waals surface area contributed by atoms with Crippen molar-refractivity contribution in [2.24, 2.45) is 0 Å². The van der Waals surface area contributed by atoms with E-state index < -0.39 is 0 Å². The van der Waals surface area contributed by atoms with E-state index in [0.717, 1.165) is 63.6 Å². The fourth-order valence-electron chi connectivity index (χ4n) is 4.11. The zero-order chi connectivity index (χ0) is 18.7. The molecule has 142 valence electrons. The first-order chi connectivity index (χ1) is 12.5. The van der Waals surface area contributed by atoms with Gasteiger partial charge in [0.1, 0.15) is 11.5 Å². The molecule has 1 heterocycles. The number of nitrogens with zero attached hydrogens (tertiary/aromatic N) is 1. The Bertz CT molecular complexity index is 704. The number of hydrogen-bond donors (Lipinski definition) is 2. The molecule has 1 aliphatic carbocycles. The van der Waals surface area contributed by atoms with Gasteiger partial charge < -0.3 is 15.1 Å². The van der Waals surface area contributed by atoms with Gasteiger partial charge in [0, 0.05) is 24.6 Å². The maximum atomic E-state index is 13.0. The first-order valence-corrected chi connectivity index (χ1v) is 10.1. The summed E-state index contributed by atoms with van der Waals surface area (Å²) in [6, 6.07) is 1.73. The maximum Gasteiger partial charge on any atom is 0.257 e. The van der Waals surface area contributed by atoms with Crippen molar-refractivity contribution < 1.29 is 15.0 Å². The number of phenolic OH excluding ortho intramolecular Hbond substituents is 2. The number of carbonyl (C=O) groups excluding carboxylic acids is 1. The molecule has 1 saturated heterocycles. The van der Waals surface area contributed by atoms with Crippen LogP contribution in [0.25, 0.3) is 0 Å². The molecule has 0 aromatic heterocycles. The summed E-state index contributed by atoms with van der Waals surface area (Å²) in [6.07, 6.45) is 9.99. The van der Waals surface area contributed by atoms with Gasteiger partial charge in [-0.25, -0.2) is 0 Å². The Kier molecular flexibility index (Phi) is 5.90. The lowest BCUT2D eigenvalue weighted by Crippen LogP contribution is -2.42. The molecule has 1 atom stereocenters. The van der Waals surface area contributed by atoms with Crippen LogP contribution in [0.4, 0.5) is 0 Å². The monoisotopic (exact) mass is 357 g/mol. The Balaban J connectivity index is 2.03. The Morgan fingerprint density at radius 2 is 2.00 bits per heavy atom. The third-order valence-corrected chi connectivity index (χ3v) is 5.75. The summed E-state index contributed by atoms with van der Waals surface area (Å²) < 4.78 is 0. The molecule has 1 fully saturated rings. The van der Waals surface area contributed by atoms with E-state index in [9.17, 15) is 15.0 Å². The van der Waals surface area contributed by atoms with Gasteiger partial charge in [-0.3, -0.25) is 4.79 Å². The standard InChI is InChI=1S/C22H31NO3/c1-3-4-5-9-17-14-18(24)19(16-10-6-8-15(2)13-16)21(25)20(17)22(26)23-11-7-12-23/h13-14,16,24-25H,3-12H2,1-2H3. The van der Waals surface area contributed by atoms with Crippen molar-refractivity contribution in [1.82, 2.24) is 4.90 Å². The van der Waals surface area contributed by atoms with Crippen LogP contribution in [0.3, 0.4) is 0 Å². The van der Waals surface area contributed by atoms with E-state index in [4.69, 9.17) is 0 Å². The molecule has 0 bridgehead atoms. The quantitative estimate of drug-likeness (QED) is 0.563. The average Bonchev–Trinajstić information content (AvgIpc) is 2.53. The van der Waals surface area contributed by atoms with E-state index in [2.05, 4.69) is 19.9 Å². The molecule has 3 rings (SSSR count). The van der Waals surface area contributed by atoms with E-state index in [1.54, 1.807) is 11.0 Å². The molecule has 1 aromatic carbocycles. The minimum Gasteiger partial charge on any atom is -0.507 e. The minimum absolute atomic E-state index is 0.00403. The Hall–Kier alpha value is -1.97. The average molecular weight is 357 g/mol. The van der Waals surface area contributed by atoms with Crippen LogP contribution in [0, 0.1) is 0 Å². The third kappa shape index (κ3) is 3.74.